The van der Waals surface area contributed by atoms with Crippen LogP contribution in [0.4, 0.5) is 0 Å². The van der Waals surface area contributed by atoms with E-state index in [0.717, 1.165) is 12.8 Å². The van der Waals surface area contributed by atoms with E-state index < -0.39 is 0 Å². The summed E-state index contributed by atoms with van der Waals surface area (Å²) >= 11 is 0. The molecule has 0 aromatic rings. The molecule has 2 N–H and O–H groups in total. The first kappa shape index (κ1) is 13.3. The number of aliphatic hydroxyl groups is 1. The Morgan fingerprint density at radius 2 is 2.05 bits per heavy atom. The van der Waals surface area contributed by atoms with Crippen molar-refractivity contribution in [2.45, 2.75) is 50.3 Å². The van der Waals surface area contributed by atoms with Gasteiger partial charge < -0.3 is 20.1 Å². The Morgan fingerprint density at radius 3 is 2.74 bits per heavy atom. The van der Waals surface area contributed by atoms with Gasteiger partial charge in [-0.05, 0) is 31.6 Å². The maximum absolute atomic E-state index is 12.3. The molecule has 3 atom stereocenters. The molecule has 0 radical (unpaired) electrons. The number of piperidine rings is 1. The van der Waals surface area contributed by atoms with Gasteiger partial charge in [0.1, 0.15) is 0 Å². The lowest BCUT2D eigenvalue weighted by Crippen LogP contribution is -2.48. The quantitative estimate of drug-likeness (QED) is 0.763. The second kappa shape index (κ2) is 5.77. The van der Waals surface area contributed by atoms with Gasteiger partial charge in [0.25, 0.3) is 0 Å². The van der Waals surface area contributed by atoms with E-state index >= 15 is 0 Å². The molecule has 0 spiro atoms. The number of nitrogens with zero attached hydrogens (tertiary/aromatic N) is 1. The standard InChI is InChI=1S/C14H24N2O3/c17-9-13-8-16(3-4-19-13)14(18)7-10-5-11-1-2-12(6-10)15-11/h10-13,15,17H,1-9H2. The number of hydrogen-bond donors (Lipinski definition) is 2. The Hall–Kier alpha value is -0.650. The van der Waals surface area contributed by atoms with Gasteiger partial charge in [-0.25, -0.2) is 0 Å². The Kier molecular flexibility index (Phi) is 4.05. The molecule has 3 fully saturated rings. The first-order chi connectivity index (χ1) is 9.24. The Morgan fingerprint density at radius 1 is 1.32 bits per heavy atom. The number of carbonyl (C=O) groups excluding carboxylic acids is 1. The molecule has 3 aliphatic heterocycles. The van der Waals surface area contributed by atoms with Crippen LogP contribution in [0.2, 0.25) is 0 Å². The van der Waals surface area contributed by atoms with Gasteiger partial charge in [-0.1, -0.05) is 0 Å². The van der Waals surface area contributed by atoms with Gasteiger partial charge in [-0.3, -0.25) is 4.79 Å². The number of hydrogen-bond acceptors (Lipinski definition) is 4. The minimum absolute atomic E-state index is 0.00127. The predicted octanol–water partition coefficient (Wildman–Crippen LogP) is 0.127. The summed E-state index contributed by atoms with van der Waals surface area (Å²) in [6, 6.07) is 1.29. The summed E-state index contributed by atoms with van der Waals surface area (Å²) in [5.41, 5.74) is 0. The fourth-order valence-corrected chi connectivity index (χ4v) is 3.77. The van der Waals surface area contributed by atoms with Crippen molar-refractivity contribution in [3.63, 3.8) is 0 Å². The van der Waals surface area contributed by atoms with Crippen molar-refractivity contribution in [3.05, 3.63) is 0 Å². The molecule has 1 amide bonds. The molecular formula is C14H24N2O3. The van der Waals surface area contributed by atoms with Gasteiger partial charge in [0, 0.05) is 31.6 Å². The molecule has 3 heterocycles. The summed E-state index contributed by atoms with van der Waals surface area (Å²) < 4.78 is 5.39. The van der Waals surface area contributed by atoms with E-state index in [1.54, 1.807) is 0 Å². The Balaban J connectivity index is 1.50. The molecule has 2 bridgehead atoms. The number of morpholine rings is 1. The molecule has 3 aliphatic rings. The maximum Gasteiger partial charge on any atom is 0.223 e. The number of nitrogens with one attached hydrogen (secondary N) is 1. The third-order valence-corrected chi connectivity index (χ3v) is 4.73. The van der Waals surface area contributed by atoms with E-state index in [2.05, 4.69) is 5.32 Å². The van der Waals surface area contributed by atoms with Crippen molar-refractivity contribution in [1.82, 2.24) is 10.2 Å². The molecule has 0 saturated carbocycles. The van der Waals surface area contributed by atoms with E-state index in [-0.39, 0.29) is 18.6 Å². The lowest BCUT2D eigenvalue weighted by atomic mass is 9.89. The van der Waals surface area contributed by atoms with Gasteiger partial charge in [0.2, 0.25) is 5.91 Å². The first-order valence-corrected chi connectivity index (χ1v) is 7.51. The lowest BCUT2D eigenvalue weighted by molar-refractivity contribution is -0.141. The normalized spacial score (nSPS) is 38.5. The number of fused-ring (bicyclic) bond motifs is 2. The van der Waals surface area contributed by atoms with Gasteiger partial charge in [-0.2, -0.15) is 0 Å². The lowest BCUT2D eigenvalue weighted by Gasteiger charge is -2.34. The van der Waals surface area contributed by atoms with Crippen LogP contribution in [-0.4, -0.2) is 60.4 Å². The van der Waals surface area contributed by atoms with Gasteiger partial charge in [0.15, 0.2) is 0 Å². The van der Waals surface area contributed by atoms with E-state index in [4.69, 9.17) is 9.84 Å². The van der Waals surface area contributed by atoms with Crippen LogP contribution in [0, 0.1) is 5.92 Å². The molecule has 19 heavy (non-hydrogen) atoms. The highest BCUT2D eigenvalue weighted by molar-refractivity contribution is 5.76. The maximum atomic E-state index is 12.3. The van der Waals surface area contributed by atoms with Crippen LogP contribution in [0.5, 0.6) is 0 Å². The average Bonchev–Trinajstić information content (AvgIpc) is 2.78. The zero-order valence-corrected chi connectivity index (χ0v) is 11.4. The molecule has 3 rings (SSSR count). The van der Waals surface area contributed by atoms with E-state index in [9.17, 15) is 4.79 Å². The summed E-state index contributed by atoms with van der Waals surface area (Å²) in [5, 5.41) is 12.7. The molecule has 3 unspecified atom stereocenters. The van der Waals surface area contributed by atoms with Gasteiger partial charge in [0.05, 0.1) is 19.3 Å². The molecule has 108 valence electrons. The first-order valence-electron chi connectivity index (χ1n) is 7.51. The highest BCUT2D eigenvalue weighted by Gasteiger charge is 2.35. The number of amides is 1. The fourth-order valence-electron chi connectivity index (χ4n) is 3.77. The monoisotopic (exact) mass is 268 g/mol. The zero-order chi connectivity index (χ0) is 13.2. The molecule has 0 aliphatic carbocycles. The topological polar surface area (TPSA) is 61.8 Å². The summed E-state index contributed by atoms with van der Waals surface area (Å²) in [4.78, 5) is 14.2. The highest BCUT2D eigenvalue weighted by atomic mass is 16.5. The zero-order valence-electron chi connectivity index (χ0n) is 11.4. The van der Waals surface area contributed by atoms with Crippen LogP contribution in [0.3, 0.4) is 0 Å². The highest BCUT2D eigenvalue weighted by Crippen LogP contribution is 2.33. The minimum Gasteiger partial charge on any atom is -0.394 e. The molecule has 0 aromatic heterocycles. The van der Waals surface area contributed by atoms with Crippen LogP contribution in [0.15, 0.2) is 0 Å². The number of ether oxygens (including phenoxy) is 1. The molecule has 0 aromatic carbocycles. The van der Waals surface area contributed by atoms with Crippen molar-refractivity contribution in [1.29, 1.82) is 0 Å². The SMILES string of the molecule is O=C(CC1CC2CCC(C1)N2)N1CCOC(CO)C1. The van der Waals surface area contributed by atoms with Gasteiger partial charge in [-0.15, -0.1) is 0 Å². The third-order valence-electron chi connectivity index (χ3n) is 4.73. The van der Waals surface area contributed by atoms with Crippen molar-refractivity contribution in [3.8, 4) is 0 Å². The Bertz CT molecular complexity index is 325. The fraction of sp³-hybridized carbons (Fsp3) is 0.929. The summed E-state index contributed by atoms with van der Waals surface area (Å²) in [6.45, 7) is 1.77. The largest absolute Gasteiger partial charge is 0.394 e. The summed E-state index contributed by atoms with van der Waals surface area (Å²) in [5.74, 6) is 0.787. The van der Waals surface area contributed by atoms with Crippen LogP contribution >= 0.6 is 0 Å². The number of aliphatic hydroxyl groups excluding tert-OH is 1. The van der Waals surface area contributed by atoms with Crippen LogP contribution < -0.4 is 5.32 Å². The second-order valence-corrected chi connectivity index (χ2v) is 6.19. The predicted molar refractivity (Wildman–Crippen MR) is 70.7 cm³/mol. The van der Waals surface area contributed by atoms with Gasteiger partial charge >= 0.3 is 0 Å². The number of rotatable bonds is 3. The molecular weight excluding hydrogens is 244 g/mol. The molecule has 5 nitrogen and oxygen atoms in total. The number of carbonyl (C=O) groups is 1. The van der Waals surface area contributed by atoms with E-state index in [0.29, 0.717) is 44.1 Å². The molecule has 5 heteroatoms. The summed E-state index contributed by atoms with van der Waals surface area (Å²) in [7, 11) is 0. The van der Waals surface area contributed by atoms with Crippen LogP contribution in [0.1, 0.15) is 32.1 Å². The minimum atomic E-state index is -0.193. The third kappa shape index (κ3) is 3.09. The van der Waals surface area contributed by atoms with Crippen molar-refractivity contribution in [2.24, 2.45) is 5.92 Å². The smallest absolute Gasteiger partial charge is 0.223 e. The van der Waals surface area contributed by atoms with Crippen molar-refractivity contribution < 1.29 is 14.6 Å². The van der Waals surface area contributed by atoms with Crippen molar-refractivity contribution in [2.75, 3.05) is 26.3 Å². The summed E-state index contributed by atoms with van der Waals surface area (Å²) in [6.07, 6.45) is 5.33. The van der Waals surface area contributed by atoms with E-state index in [1.807, 2.05) is 4.90 Å². The Labute approximate surface area is 114 Å². The molecule has 3 saturated heterocycles. The van der Waals surface area contributed by atoms with Crippen LogP contribution in [0.25, 0.3) is 0 Å². The second-order valence-electron chi connectivity index (χ2n) is 6.19. The van der Waals surface area contributed by atoms with E-state index in [1.165, 1.54) is 12.8 Å². The van der Waals surface area contributed by atoms with Crippen LogP contribution in [-0.2, 0) is 9.53 Å². The average molecular weight is 268 g/mol. The van der Waals surface area contributed by atoms with Crippen molar-refractivity contribution >= 4 is 5.91 Å².